The third-order valence-corrected chi connectivity index (χ3v) is 2.56. The molecule has 0 aromatic heterocycles. The second-order valence-corrected chi connectivity index (χ2v) is 4.81. The second kappa shape index (κ2) is 6.38. The fourth-order valence-electron chi connectivity index (χ4n) is 1.59. The highest BCUT2D eigenvalue weighted by Crippen LogP contribution is 2.29. The van der Waals surface area contributed by atoms with Gasteiger partial charge in [-0.1, -0.05) is 26.0 Å². The zero-order chi connectivity index (χ0) is 15.3. The summed E-state index contributed by atoms with van der Waals surface area (Å²) in [5.74, 6) is -0.186. The van der Waals surface area contributed by atoms with Crippen LogP contribution in [0.25, 0.3) is 6.08 Å². The number of nitriles is 1. The van der Waals surface area contributed by atoms with Gasteiger partial charge in [0.2, 0.25) is 0 Å². The minimum absolute atomic E-state index is 0.0431. The zero-order valence-electron chi connectivity index (χ0n) is 11.2. The number of halogens is 3. The Kier molecular flexibility index (Phi) is 5.09. The molecule has 0 aliphatic heterocycles. The first kappa shape index (κ1) is 16.0. The molecule has 0 aliphatic carbocycles. The lowest BCUT2D eigenvalue weighted by molar-refractivity contribution is -0.137. The van der Waals surface area contributed by atoms with Crippen LogP contribution in [-0.2, 0) is 11.0 Å². The van der Waals surface area contributed by atoms with Crippen molar-refractivity contribution in [1.29, 1.82) is 5.26 Å². The summed E-state index contributed by atoms with van der Waals surface area (Å²) in [6.07, 6.45) is -2.85. The highest BCUT2D eigenvalue weighted by Gasteiger charge is 2.29. The van der Waals surface area contributed by atoms with Crippen LogP contribution in [0.4, 0.5) is 13.2 Å². The van der Waals surface area contributed by atoms with Crippen molar-refractivity contribution in [3.05, 3.63) is 41.0 Å². The molecule has 0 saturated heterocycles. The first-order valence-corrected chi connectivity index (χ1v) is 6.06. The molecule has 0 radical (unpaired) electrons. The van der Waals surface area contributed by atoms with Gasteiger partial charge in [0.25, 0.3) is 0 Å². The van der Waals surface area contributed by atoms with Gasteiger partial charge in [0.1, 0.15) is 6.07 Å². The smallest absolute Gasteiger partial charge is 0.293 e. The van der Waals surface area contributed by atoms with Gasteiger partial charge in [0.05, 0.1) is 11.1 Å². The third-order valence-electron chi connectivity index (χ3n) is 2.56. The van der Waals surface area contributed by atoms with E-state index in [9.17, 15) is 18.0 Å². The van der Waals surface area contributed by atoms with Crippen LogP contribution in [0.5, 0.6) is 0 Å². The summed E-state index contributed by atoms with van der Waals surface area (Å²) in [5, 5.41) is 8.94. The maximum atomic E-state index is 12.4. The zero-order valence-corrected chi connectivity index (χ0v) is 11.2. The lowest BCUT2D eigenvalue weighted by Gasteiger charge is -2.06. The lowest BCUT2D eigenvalue weighted by atomic mass is 10.00. The van der Waals surface area contributed by atoms with Crippen LogP contribution in [0, 0.1) is 17.2 Å². The molecule has 0 unspecified atom stereocenters. The van der Waals surface area contributed by atoms with Crippen molar-refractivity contribution in [2.24, 2.45) is 5.92 Å². The normalized spacial score (nSPS) is 12.3. The van der Waals surface area contributed by atoms with Crippen LogP contribution in [0.3, 0.4) is 0 Å². The Labute approximate surface area is 115 Å². The Morgan fingerprint density at radius 2 is 1.85 bits per heavy atom. The molecule has 1 rings (SSSR count). The highest BCUT2D eigenvalue weighted by molar-refractivity contribution is 6.03. The van der Waals surface area contributed by atoms with Crippen molar-refractivity contribution in [1.82, 2.24) is 0 Å². The first-order chi connectivity index (χ1) is 9.24. The van der Waals surface area contributed by atoms with E-state index in [1.165, 1.54) is 18.2 Å². The van der Waals surface area contributed by atoms with Gasteiger partial charge >= 0.3 is 6.18 Å². The van der Waals surface area contributed by atoms with E-state index < -0.39 is 11.7 Å². The summed E-state index contributed by atoms with van der Waals surface area (Å²) < 4.78 is 37.2. The fourth-order valence-corrected chi connectivity index (χ4v) is 1.59. The van der Waals surface area contributed by atoms with E-state index in [4.69, 9.17) is 5.26 Å². The average molecular weight is 281 g/mol. The van der Waals surface area contributed by atoms with Gasteiger partial charge in [-0.25, -0.2) is 0 Å². The van der Waals surface area contributed by atoms with Gasteiger partial charge in [0.15, 0.2) is 5.78 Å². The Balaban J connectivity index is 2.97. The molecule has 0 bridgehead atoms. The number of benzene rings is 1. The van der Waals surface area contributed by atoms with Crippen LogP contribution in [0.2, 0.25) is 0 Å². The number of nitrogens with zero attached hydrogens (tertiary/aromatic N) is 1. The SMILES string of the molecule is CC(C)CC(=O)/C(C#N)=C/c1ccc(C(F)(F)F)cc1. The Bertz CT molecular complexity index is 548. The van der Waals surface area contributed by atoms with Gasteiger partial charge in [-0.3, -0.25) is 4.79 Å². The van der Waals surface area contributed by atoms with Crippen LogP contribution < -0.4 is 0 Å². The van der Waals surface area contributed by atoms with Gasteiger partial charge in [-0.05, 0) is 29.7 Å². The number of allylic oxidation sites excluding steroid dienone is 1. The van der Waals surface area contributed by atoms with E-state index >= 15 is 0 Å². The van der Waals surface area contributed by atoms with E-state index in [0.29, 0.717) is 5.56 Å². The standard InChI is InChI=1S/C15H14F3NO/c1-10(2)7-14(20)12(9-19)8-11-3-5-13(6-4-11)15(16,17)18/h3-6,8,10H,7H2,1-2H3/b12-8+. The van der Waals surface area contributed by atoms with Crippen LogP contribution in [0.1, 0.15) is 31.4 Å². The van der Waals surface area contributed by atoms with Gasteiger partial charge in [-0.2, -0.15) is 18.4 Å². The van der Waals surface area contributed by atoms with Crippen molar-refractivity contribution in [2.75, 3.05) is 0 Å². The number of Topliss-reactive ketones (excluding diaryl/α,β-unsaturated/α-hetero) is 1. The Morgan fingerprint density at radius 1 is 1.30 bits per heavy atom. The van der Waals surface area contributed by atoms with E-state index in [0.717, 1.165) is 12.1 Å². The Hall–Kier alpha value is -2.09. The van der Waals surface area contributed by atoms with Crippen LogP contribution in [0.15, 0.2) is 29.8 Å². The van der Waals surface area contributed by atoms with Gasteiger partial charge < -0.3 is 0 Å². The molecule has 2 nitrogen and oxygen atoms in total. The molecular weight excluding hydrogens is 267 g/mol. The van der Waals surface area contributed by atoms with E-state index in [-0.39, 0.29) is 23.7 Å². The summed E-state index contributed by atoms with van der Waals surface area (Å²) in [6.45, 7) is 3.70. The quantitative estimate of drug-likeness (QED) is 0.612. The molecule has 1 aromatic carbocycles. The lowest BCUT2D eigenvalue weighted by Crippen LogP contribution is -2.05. The molecule has 0 amide bonds. The number of hydrogen-bond acceptors (Lipinski definition) is 2. The fraction of sp³-hybridized carbons (Fsp3) is 0.333. The predicted octanol–water partition coefficient (Wildman–Crippen LogP) is 4.23. The molecule has 20 heavy (non-hydrogen) atoms. The van der Waals surface area contributed by atoms with Crippen molar-refractivity contribution in [3.8, 4) is 6.07 Å². The summed E-state index contributed by atoms with van der Waals surface area (Å²) in [6, 6.07) is 6.12. The number of rotatable bonds is 4. The van der Waals surface area contributed by atoms with Crippen LogP contribution in [-0.4, -0.2) is 5.78 Å². The Morgan fingerprint density at radius 3 is 2.25 bits per heavy atom. The van der Waals surface area contributed by atoms with E-state index in [1.807, 2.05) is 13.8 Å². The monoisotopic (exact) mass is 281 g/mol. The minimum Gasteiger partial charge on any atom is -0.293 e. The highest BCUT2D eigenvalue weighted by atomic mass is 19.4. The number of hydrogen-bond donors (Lipinski definition) is 0. The largest absolute Gasteiger partial charge is 0.416 e. The molecule has 0 spiro atoms. The second-order valence-electron chi connectivity index (χ2n) is 4.81. The van der Waals surface area contributed by atoms with Crippen molar-refractivity contribution >= 4 is 11.9 Å². The number of carbonyl (C=O) groups is 1. The minimum atomic E-state index is -4.40. The molecule has 0 saturated carbocycles. The molecular formula is C15H14F3NO. The summed E-state index contributed by atoms with van der Waals surface area (Å²) in [5.41, 5.74) is -0.410. The van der Waals surface area contributed by atoms with Crippen molar-refractivity contribution in [3.63, 3.8) is 0 Å². The van der Waals surface area contributed by atoms with E-state index in [2.05, 4.69) is 0 Å². The molecule has 0 aliphatic rings. The molecule has 0 fully saturated rings. The third kappa shape index (κ3) is 4.54. The van der Waals surface area contributed by atoms with Gasteiger partial charge in [0, 0.05) is 6.42 Å². The van der Waals surface area contributed by atoms with Crippen molar-refractivity contribution < 1.29 is 18.0 Å². The first-order valence-electron chi connectivity index (χ1n) is 6.06. The maximum absolute atomic E-state index is 12.4. The molecule has 5 heteroatoms. The van der Waals surface area contributed by atoms with E-state index in [1.54, 1.807) is 6.07 Å². The molecule has 0 atom stereocenters. The summed E-state index contributed by atoms with van der Waals surface area (Å²) >= 11 is 0. The predicted molar refractivity (Wildman–Crippen MR) is 69.5 cm³/mol. The maximum Gasteiger partial charge on any atom is 0.416 e. The molecule has 0 N–H and O–H groups in total. The summed E-state index contributed by atoms with van der Waals surface area (Å²) in [4.78, 5) is 11.7. The number of carbonyl (C=O) groups excluding carboxylic acids is 1. The number of alkyl halides is 3. The average Bonchev–Trinajstić information content (AvgIpc) is 2.34. The molecule has 0 heterocycles. The topological polar surface area (TPSA) is 40.9 Å². The van der Waals surface area contributed by atoms with Gasteiger partial charge in [-0.15, -0.1) is 0 Å². The molecule has 106 valence electrons. The summed E-state index contributed by atoms with van der Waals surface area (Å²) in [7, 11) is 0. The molecule has 1 aromatic rings. The number of ketones is 1. The van der Waals surface area contributed by atoms with Crippen LogP contribution >= 0.6 is 0 Å². The van der Waals surface area contributed by atoms with Crippen molar-refractivity contribution in [2.45, 2.75) is 26.4 Å².